The summed E-state index contributed by atoms with van der Waals surface area (Å²) < 4.78 is 0. The molecule has 0 aliphatic carbocycles. The van der Waals surface area contributed by atoms with Gasteiger partial charge in [0.15, 0.2) is 0 Å². The summed E-state index contributed by atoms with van der Waals surface area (Å²) in [6, 6.07) is 5.94. The van der Waals surface area contributed by atoms with Crippen molar-refractivity contribution in [2.75, 3.05) is 30.8 Å². The summed E-state index contributed by atoms with van der Waals surface area (Å²) in [7, 11) is 1.95. The number of rotatable bonds is 7. The first-order valence-electron chi connectivity index (χ1n) is 5.89. The molecule has 2 rings (SSSR count). The smallest absolute Gasteiger partial charge is 0.136 e. The third kappa shape index (κ3) is 3.97. The Morgan fingerprint density at radius 3 is 2.89 bits per heavy atom. The summed E-state index contributed by atoms with van der Waals surface area (Å²) in [5.41, 5.74) is 0. The van der Waals surface area contributed by atoms with Crippen LogP contribution in [0.25, 0.3) is 0 Å². The van der Waals surface area contributed by atoms with Crippen molar-refractivity contribution in [1.29, 1.82) is 0 Å². The van der Waals surface area contributed by atoms with Gasteiger partial charge in [-0.15, -0.1) is 11.3 Å². The lowest BCUT2D eigenvalue weighted by Gasteiger charge is -2.07. The number of hydrogen-bond donors (Lipinski definition) is 3. The Balaban J connectivity index is 1.88. The zero-order chi connectivity index (χ0) is 12.6. The van der Waals surface area contributed by atoms with Gasteiger partial charge in [0, 0.05) is 12.6 Å². The van der Waals surface area contributed by atoms with Crippen LogP contribution in [-0.2, 0) is 0 Å². The van der Waals surface area contributed by atoms with Gasteiger partial charge in [0.2, 0.25) is 0 Å². The number of anilines is 3. The molecule has 0 spiro atoms. The Morgan fingerprint density at radius 2 is 2.11 bits per heavy atom. The second-order valence-corrected chi connectivity index (χ2v) is 4.72. The van der Waals surface area contributed by atoms with Crippen LogP contribution >= 0.6 is 11.3 Å². The summed E-state index contributed by atoms with van der Waals surface area (Å²) >= 11 is 1.65. The van der Waals surface area contributed by atoms with Gasteiger partial charge in [-0.25, -0.2) is 9.97 Å². The van der Waals surface area contributed by atoms with Gasteiger partial charge in [-0.2, -0.15) is 0 Å². The number of aromatic nitrogens is 2. The number of thiophene rings is 1. The van der Waals surface area contributed by atoms with E-state index in [-0.39, 0.29) is 0 Å². The molecule has 2 heterocycles. The minimum Gasteiger partial charge on any atom is -0.370 e. The van der Waals surface area contributed by atoms with Crippen molar-refractivity contribution in [2.24, 2.45) is 0 Å². The van der Waals surface area contributed by atoms with Crippen molar-refractivity contribution in [3.8, 4) is 0 Å². The van der Waals surface area contributed by atoms with E-state index in [2.05, 4.69) is 25.9 Å². The topological polar surface area (TPSA) is 61.9 Å². The second kappa shape index (κ2) is 6.93. The molecule has 0 unspecified atom stereocenters. The van der Waals surface area contributed by atoms with Crippen LogP contribution in [-0.4, -0.2) is 30.1 Å². The van der Waals surface area contributed by atoms with Crippen molar-refractivity contribution in [3.05, 3.63) is 29.9 Å². The van der Waals surface area contributed by atoms with E-state index in [1.807, 2.05) is 30.6 Å². The molecule has 0 saturated carbocycles. The van der Waals surface area contributed by atoms with E-state index in [9.17, 15) is 0 Å². The molecule has 3 N–H and O–H groups in total. The average Bonchev–Trinajstić information content (AvgIpc) is 2.88. The van der Waals surface area contributed by atoms with Crippen molar-refractivity contribution in [1.82, 2.24) is 15.3 Å². The van der Waals surface area contributed by atoms with E-state index in [0.717, 1.165) is 36.1 Å². The first-order chi connectivity index (χ1) is 8.88. The molecule has 0 aliphatic rings. The maximum atomic E-state index is 4.19. The Morgan fingerprint density at radius 1 is 1.22 bits per heavy atom. The van der Waals surface area contributed by atoms with Crippen molar-refractivity contribution in [2.45, 2.75) is 6.42 Å². The van der Waals surface area contributed by atoms with Gasteiger partial charge in [-0.05, 0) is 37.5 Å². The molecule has 0 fully saturated rings. The zero-order valence-corrected chi connectivity index (χ0v) is 11.1. The second-order valence-electron chi connectivity index (χ2n) is 3.77. The zero-order valence-electron chi connectivity index (χ0n) is 10.3. The molecule has 0 bridgehead atoms. The normalized spacial score (nSPS) is 10.3. The number of nitrogens with zero attached hydrogens (tertiary/aromatic N) is 2. The van der Waals surface area contributed by atoms with Gasteiger partial charge in [-0.1, -0.05) is 0 Å². The predicted molar refractivity (Wildman–Crippen MR) is 76.7 cm³/mol. The summed E-state index contributed by atoms with van der Waals surface area (Å²) in [5.74, 6) is 1.66. The van der Waals surface area contributed by atoms with Gasteiger partial charge in [0.1, 0.15) is 18.0 Å². The largest absolute Gasteiger partial charge is 0.370 e. The molecule has 0 atom stereocenters. The molecule has 2 aromatic heterocycles. The molecular weight excluding hydrogens is 246 g/mol. The Hall–Kier alpha value is -1.66. The highest BCUT2D eigenvalue weighted by Gasteiger charge is 1.99. The van der Waals surface area contributed by atoms with E-state index in [1.54, 1.807) is 17.7 Å². The highest BCUT2D eigenvalue weighted by Crippen LogP contribution is 2.20. The Kier molecular flexibility index (Phi) is 4.92. The standard InChI is InChI=1S/C12H17N5S/c1-13-5-3-6-14-10-8-11(16-9-15-10)17-12-4-2-7-18-12/h2,4,7-9,13H,3,5-6H2,1H3,(H2,14,15,16,17). The van der Waals surface area contributed by atoms with Crippen LogP contribution in [0.3, 0.4) is 0 Å². The molecule has 96 valence electrons. The molecular formula is C12H17N5S. The van der Waals surface area contributed by atoms with E-state index < -0.39 is 0 Å². The Labute approximate surface area is 111 Å². The molecule has 18 heavy (non-hydrogen) atoms. The van der Waals surface area contributed by atoms with Crippen molar-refractivity contribution in [3.63, 3.8) is 0 Å². The van der Waals surface area contributed by atoms with Crippen LogP contribution in [0, 0.1) is 0 Å². The lowest BCUT2D eigenvalue weighted by molar-refractivity contribution is 0.746. The minimum atomic E-state index is 0.809. The monoisotopic (exact) mass is 263 g/mol. The van der Waals surface area contributed by atoms with Crippen molar-refractivity contribution >= 4 is 28.0 Å². The van der Waals surface area contributed by atoms with Gasteiger partial charge in [0.05, 0.1) is 5.00 Å². The fourth-order valence-corrected chi connectivity index (χ4v) is 2.10. The predicted octanol–water partition coefficient (Wildman–Crippen LogP) is 2.30. The fourth-order valence-electron chi connectivity index (χ4n) is 1.48. The van der Waals surface area contributed by atoms with Crippen LogP contribution in [0.15, 0.2) is 29.9 Å². The van der Waals surface area contributed by atoms with E-state index in [4.69, 9.17) is 0 Å². The Bertz CT molecular complexity index is 457. The van der Waals surface area contributed by atoms with E-state index in [1.165, 1.54) is 0 Å². The van der Waals surface area contributed by atoms with Gasteiger partial charge < -0.3 is 16.0 Å². The summed E-state index contributed by atoms with van der Waals surface area (Å²) in [4.78, 5) is 8.38. The van der Waals surface area contributed by atoms with Crippen molar-refractivity contribution < 1.29 is 0 Å². The first-order valence-corrected chi connectivity index (χ1v) is 6.77. The van der Waals surface area contributed by atoms with Crippen LogP contribution in [0.2, 0.25) is 0 Å². The summed E-state index contributed by atoms with van der Waals surface area (Å²) in [6.07, 6.45) is 2.63. The SMILES string of the molecule is CNCCCNc1cc(Nc2cccs2)ncn1. The molecule has 2 aromatic rings. The molecule has 0 aromatic carbocycles. The quantitative estimate of drug-likeness (QED) is 0.669. The summed E-state index contributed by atoms with van der Waals surface area (Å²) in [5, 5.41) is 12.7. The maximum absolute atomic E-state index is 4.19. The van der Waals surface area contributed by atoms with Crippen LogP contribution in [0.1, 0.15) is 6.42 Å². The van der Waals surface area contributed by atoms with Gasteiger partial charge in [-0.3, -0.25) is 0 Å². The highest BCUT2D eigenvalue weighted by atomic mass is 32.1. The van der Waals surface area contributed by atoms with Gasteiger partial charge in [0.25, 0.3) is 0 Å². The molecule has 6 heteroatoms. The van der Waals surface area contributed by atoms with E-state index in [0.29, 0.717) is 0 Å². The first kappa shape index (κ1) is 12.8. The molecule has 5 nitrogen and oxygen atoms in total. The van der Waals surface area contributed by atoms with Crippen LogP contribution < -0.4 is 16.0 Å². The molecule has 0 saturated heterocycles. The number of hydrogen-bond acceptors (Lipinski definition) is 6. The van der Waals surface area contributed by atoms with Gasteiger partial charge >= 0.3 is 0 Å². The van der Waals surface area contributed by atoms with Crippen LogP contribution in [0.5, 0.6) is 0 Å². The third-order valence-corrected chi connectivity index (χ3v) is 3.13. The molecule has 0 aliphatic heterocycles. The average molecular weight is 263 g/mol. The molecule has 0 amide bonds. The highest BCUT2D eigenvalue weighted by molar-refractivity contribution is 7.14. The summed E-state index contributed by atoms with van der Waals surface area (Å²) in [6.45, 7) is 1.90. The number of nitrogens with one attached hydrogen (secondary N) is 3. The molecule has 0 radical (unpaired) electrons. The third-order valence-electron chi connectivity index (χ3n) is 2.35. The minimum absolute atomic E-state index is 0.809. The lowest BCUT2D eigenvalue weighted by atomic mass is 10.4. The lowest BCUT2D eigenvalue weighted by Crippen LogP contribution is -2.13. The fraction of sp³-hybridized carbons (Fsp3) is 0.333. The van der Waals surface area contributed by atoms with E-state index >= 15 is 0 Å². The maximum Gasteiger partial charge on any atom is 0.136 e. The van der Waals surface area contributed by atoms with Crippen LogP contribution in [0.4, 0.5) is 16.6 Å².